The molecule has 18 heavy (non-hydrogen) atoms. The summed E-state index contributed by atoms with van der Waals surface area (Å²) in [7, 11) is -1.66. The van der Waals surface area contributed by atoms with Gasteiger partial charge in [0.2, 0.25) is 5.16 Å². The molecule has 10 heteroatoms. The molecule has 0 bridgehead atoms. The van der Waals surface area contributed by atoms with E-state index in [4.69, 9.17) is 0 Å². The minimum atomic E-state index is -2.94. The van der Waals surface area contributed by atoms with Crippen LogP contribution in [0.5, 0.6) is 0 Å². The van der Waals surface area contributed by atoms with Gasteiger partial charge in [0, 0.05) is 12.0 Å². The van der Waals surface area contributed by atoms with Crippen LogP contribution in [0.3, 0.4) is 0 Å². The summed E-state index contributed by atoms with van der Waals surface area (Å²) >= 11 is 1.30. The number of carbonyl (C=O) groups excluding carboxylic acids is 1. The Labute approximate surface area is 109 Å². The molecule has 1 heterocycles. The van der Waals surface area contributed by atoms with Crippen molar-refractivity contribution in [1.29, 1.82) is 0 Å². The van der Waals surface area contributed by atoms with Gasteiger partial charge >= 0.3 is 5.97 Å². The number of aromatic nitrogens is 4. The average molecular weight is 294 g/mol. The van der Waals surface area contributed by atoms with Gasteiger partial charge in [0.15, 0.2) is 0 Å². The maximum Gasteiger partial charge on any atom is 0.327 e. The molecule has 0 aliphatic heterocycles. The highest BCUT2D eigenvalue weighted by Gasteiger charge is 2.11. The van der Waals surface area contributed by atoms with Crippen LogP contribution in [0.1, 0.15) is 6.42 Å². The van der Waals surface area contributed by atoms with Crippen molar-refractivity contribution in [2.75, 3.05) is 24.9 Å². The van der Waals surface area contributed by atoms with E-state index in [-0.39, 0.29) is 12.3 Å². The molecule has 8 nitrogen and oxygen atoms in total. The predicted molar refractivity (Wildman–Crippen MR) is 64.9 cm³/mol. The third-order valence-electron chi connectivity index (χ3n) is 1.90. The number of methoxy groups -OCH3 is 1. The third kappa shape index (κ3) is 5.45. The Morgan fingerprint density at radius 3 is 2.83 bits per heavy atom. The number of carbonyl (C=O) groups is 1. The number of rotatable bonds is 7. The van der Waals surface area contributed by atoms with Crippen molar-refractivity contribution in [2.24, 2.45) is 0 Å². The molecule has 102 valence electrons. The highest BCUT2D eigenvalue weighted by molar-refractivity contribution is 7.99. The molecule has 0 aromatic carbocycles. The van der Waals surface area contributed by atoms with Crippen molar-refractivity contribution < 1.29 is 17.9 Å². The lowest BCUT2D eigenvalue weighted by Gasteiger charge is -2.02. The molecule has 0 spiro atoms. The van der Waals surface area contributed by atoms with Gasteiger partial charge in [0.25, 0.3) is 0 Å². The molecule has 1 aromatic rings. The predicted octanol–water partition coefficient (Wildman–Crippen LogP) is -0.627. The van der Waals surface area contributed by atoms with Crippen molar-refractivity contribution in [3.63, 3.8) is 0 Å². The molecule has 0 aliphatic carbocycles. The van der Waals surface area contributed by atoms with Gasteiger partial charge in [-0.25, -0.2) is 13.1 Å². The van der Waals surface area contributed by atoms with Gasteiger partial charge in [-0.2, -0.15) is 0 Å². The Bertz CT molecular complexity index is 499. The van der Waals surface area contributed by atoms with E-state index in [0.717, 1.165) is 0 Å². The van der Waals surface area contributed by atoms with Crippen LogP contribution in [-0.4, -0.2) is 59.5 Å². The van der Waals surface area contributed by atoms with E-state index in [0.29, 0.717) is 17.3 Å². The zero-order valence-electron chi connectivity index (χ0n) is 10.1. The quantitative estimate of drug-likeness (QED) is 0.372. The van der Waals surface area contributed by atoms with E-state index in [1.54, 1.807) is 0 Å². The summed E-state index contributed by atoms with van der Waals surface area (Å²) in [4.78, 5) is 11.1. The Hall–Kier alpha value is -1.16. The maximum absolute atomic E-state index is 11.1. The number of ether oxygens (including phenoxy) is 1. The van der Waals surface area contributed by atoms with Crippen molar-refractivity contribution in [2.45, 2.75) is 18.1 Å². The number of hydrogen-bond donors (Lipinski definition) is 0. The summed E-state index contributed by atoms with van der Waals surface area (Å²) in [5.41, 5.74) is 0. The summed E-state index contributed by atoms with van der Waals surface area (Å²) in [5, 5.41) is 11.3. The van der Waals surface area contributed by atoms with E-state index in [2.05, 4.69) is 20.3 Å². The lowest BCUT2D eigenvalue weighted by molar-refractivity contribution is -0.141. The fourth-order valence-corrected chi connectivity index (χ4v) is 2.74. The standard InChI is InChI=1S/C8H14N4O4S2/c1-16-7(13)6-12-8(9-10-11-12)17-4-3-5-18(2,14)15/h3-6H2,1-2H3. The minimum Gasteiger partial charge on any atom is -0.468 e. The van der Waals surface area contributed by atoms with Gasteiger partial charge in [0.05, 0.1) is 12.9 Å². The summed E-state index contributed by atoms with van der Waals surface area (Å²) in [6.07, 6.45) is 1.70. The van der Waals surface area contributed by atoms with Crippen molar-refractivity contribution in [1.82, 2.24) is 20.2 Å². The molecule has 1 rings (SSSR count). The van der Waals surface area contributed by atoms with Crippen LogP contribution in [0.25, 0.3) is 0 Å². The number of tetrazole rings is 1. The summed E-state index contributed by atoms with van der Waals surface area (Å²) in [5.74, 6) is 0.244. The minimum absolute atomic E-state index is 0.0576. The number of sulfone groups is 1. The zero-order valence-corrected chi connectivity index (χ0v) is 11.7. The van der Waals surface area contributed by atoms with Crippen LogP contribution in [-0.2, 0) is 25.9 Å². The van der Waals surface area contributed by atoms with Crippen LogP contribution < -0.4 is 0 Å². The zero-order chi connectivity index (χ0) is 13.6. The maximum atomic E-state index is 11.1. The molecule has 0 atom stereocenters. The van der Waals surface area contributed by atoms with Gasteiger partial charge in [-0.05, 0) is 16.8 Å². The first kappa shape index (κ1) is 14.9. The van der Waals surface area contributed by atoms with Gasteiger partial charge in [-0.3, -0.25) is 4.79 Å². The number of esters is 1. The second-order valence-corrected chi connectivity index (χ2v) is 6.85. The Morgan fingerprint density at radius 1 is 1.50 bits per heavy atom. The Balaban J connectivity index is 2.43. The lowest BCUT2D eigenvalue weighted by atomic mass is 10.6. The van der Waals surface area contributed by atoms with Crippen molar-refractivity contribution in [3.8, 4) is 0 Å². The second-order valence-electron chi connectivity index (χ2n) is 3.53. The highest BCUT2D eigenvalue weighted by atomic mass is 32.2. The molecular weight excluding hydrogens is 280 g/mol. The van der Waals surface area contributed by atoms with E-state index in [1.165, 1.54) is 29.8 Å². The van der Waals surface area contributed by atoms with Crippen molar-refractivity contribution in [3.05, 3.63) is 0 Å². The van der Waals surface area contributed by atoms with Crippen LogP contribution in [0.15, 0.2) is 5.16 Å². The fourth-order valence-electron chi connectivity index (χ4n) is 1.07. The first-order valence-electron chi connectivity index (χ1n) is 5.06. The first-order valence-corrected chi connectivity index (χ1v) is 8.10. The highest BCUT2D eigenvalue weighted by Crippen LogP contribution is 2.14. The van der Waals surface area contributed by atoms with Crippen LogP contribution in [0.4, 0.5) is 0 Å². The van der Waals surface area contributed by atoms with Gasteiger partial charge in [0.1, 0.15) is 16.4 Å². The second kappa shape index (κ2) is 6.69. The number of nitrogens with zero attached hydrogens (tertiary/aromatic N) is 4. The lowest BCUT2D eigenvalue weighted by Crippen LogP contribution is -2.14. The van der Waals surface area contributed by atoms with Gasteiger partial charge < -0.3 is 4.74 Å². The molecule has 0 fully saturated rings. The monoisotopic (exact) mass is 294 g/mol. The fraction of sp³-hybridized carbons (Fsp3) is 0.750. The largest absolute Gasteiger partial charge is 0.468 e. The first-order chi connectivity index (χ1) is 8.42. The van der Waals surface area contributed by atoms with Crippen LogP contribution in [0.2, 0.25) is 0 Å². The molecule has 0 radical (unpaired) electrons. The smallest absolute Gasteiger partial charge is 0.327 e. The van der Waals surface area contributed by atoms with Crippen molar-refractivity contribution >= 4 is 27.6 Å². The molecule has 0 amide bonds. The summed E-state index contributed by atoms with van der Waals surface area (Å²) in [6, 6.07) is 0. The SMILES string of the molecule is COC(=O)Cn1nnnc1SCCCS(C)(=O)=O. The molecule has 1 aromatic heterocycles. The van der Waals surface area contributed by atoms with Gasteiger partial charge in [-0.15, -0.1) is 5.10 Å². The van der Waals surface area contributed by atoms with Gasteiger partial charge in [-0.1, -0.05) is 11.8 Å². The molecular formula is C8H14N4O4S2. The Morgan fingerprint density at radius 2 is 2.22 bits per heavy atom. The van der Waals surface area contributed by atoms with E-state index in [9.17, 15) is 13.2 Å². The normalized spacial score (nSPS) is 11.4. The number of thioether (sulfide) groups is 1. The summed E-state index contributed by atoms with van der Waals surface area (Å²) in [6.45, 7) is -0.0576. The molecule has 0 saturated carbocycles. The van der Waals surface area contributed by atoms with E-state index >= 15 is 0 Å². The topological polar surface area (TPSA) is 104 Å². The third-order valence-corrected chi connectivity index (χ3v) is 3.97. The number of hydrogen-bond acceptors (Lipinski definition) is 8. The van der Waals surface area contributed by atoms with E-state index in [1.807, 2.05) is 0 Å². The molecule has 0 aliphatic rings. The molecule has 0 unspecified atom stereocenters. The van der Waals surface area contributed by atoms with Crippen LogP contribution in [0, 0.1) is 0 Å². The average Bonchev–Trinajstić information content (AvgIpc) is 2.70. The van der Waals surface area contributed by atoms with Crippen LogP contribution >= 0.6 is 11.8 Å². The van der Waals surface area contributed by atoms with E-state index < -0.39 is 15.8 Å². The molecule has 0 saturated heterocycles. The molecule has 0 N–H and O–H groups in total. The summed E-state index contributed by atoms with van der Waals surface area (Å²) < 4.78 is 27.7. The Kier molecular flexibility index (Phi) is 5.54.